The minimum absolute atomic E-state index is 0. The summed E-state index contributed by atoms with van der Waals surface area (Å²) in [6.45, 7) is 4.31. The Hall–Kier alpha value is -0.650. The van der Waals surface area contributed by atoms with Crippen LogP contribution in [0.1, 0.15) is 49.7 Å². The molecule has 0 heterocycles. The molecular formula is C18H21NaO3S. The summed E-state index contributed by atoms with van der Waals surface area (Å²) in [6.07, 6.45) is 2.05. The van der Waals surface area contributed by atoms with Crippen molar-refractivity contribution in [3.63, 3.8) is 0 Å². The van der Waals surface area contributed by atoms with Gasteiger partial charge < -0.3 is 4.55 Å². The van der Waals surface area contributed by atoms with Crippen LogP contribution in [0.2, 0.25) is 0 Å². The van der Waals surface area contributed by atoms with Gasteiger partial charge >= 0.3 is 29.6 Å². The van der Waals surface area contributed by atoms with Crippen molar-refractivity contribution in [3.8, 4) is 0 Å². The van der Waals surface area contributed by atoms with Crippen molar-refractivity contribution in [1.29, 1.82) is 0 Å². The van der Waals surface area contributed by atoms with Gasteiger partial charge in [0.2, 0.25) is 0 Å². The van der Waals surface area contributed by atoms with Crippen LogP contribution in [0.15, 0.2) is 59.5 Å². The Kier molecular flexibility index (Phi) is 7.98. The van der Waals surface area contributed by atoms with Crippen molar-refractivity contribution < 1.29 is 42.5 Å². The Morgan fingerprint density at radius 3 is 2.00 bits per heavy atom. The number of rotatable bonds is 6. The SMILES string of the molecule is CCC(CC(C)c1ccc(S(=O)(=O)[O-])cc1)c1ccccc1.[Na+]. The van der Waals surface area contributed by atoms with E-state index in [1.165, 1.54) is 17.7 Å². The van der Waals surface area contributed by atoms with Gasteiger partial charge in [-0.25, -0.2) is 8.42 Å². The second-order valence-corrected chi connectivity index (χ2v) is 7.06. The van der Waals surface area contributed by atoms with Gasteiger partial charge in [0.1, 0.15) is 10.1 Å². The molecule has 2 aromatic rings. The zero-order valence-electron chi connectivity index (χ0n) is 13.9. The van der Waals surface area contributed by atoms with Gasteiger partial charge in [0.15, 0.2) is 0 Å². The summed E-state index contributed by atoms with van der Waals surface area (Å²) in [5.74, 6) is 0.771. The summed E-state index contributed by atoms with van der Waals surface area (Å²) in [7, 11) is -4.37. The van der Waals surface area contributed by atoms with Crippen molar-refractivity contribution in [2.24, 2.45) is 0 Å². The van der Waals surface area contributed by atoms with Gasteiger partial charge in [-0.15, -0.1) is 0 Å². The van der Waals surface area contributed by atoms with Crippen molar-refractivity contribution in [2.75, 3.05) is 0 Å². The largest absolute Gasteiger partial charge is 1.00 e. The minimum atomic E-state index is -4.37. The second kappa shape index (κ2) is 9.00. The molecule has 3 nitrogen and oxygen atoms in total. The van der Waals surface area contributed by atoms with Crippen LogP contribution in [0.25, 0.3) is 0 Å². The van der Waals surface area contributed by atoms with Gasteiger partial charge in [0.05, 0.1) is 4.90 Å². The topological polar surface area (TPSA) is 57.2 Å². The van der Waals surface area contributed by atoms with Crippen molar-refractivity contribution in [2.45, 2.75) is 43.4 Å². The molecule has 0 saturated heterocycles. The molecule has 0 radical (unpaired) electrons. The van der Waals surface area contributed by atoms with Crippen LogP contribution < -0.4 is 29.6 Å². The maximum absolute atomic E-state index is 11.0. The predicted octanol–water partition coefficient (Wildman–Crippen LogP) is 1.28. The van der Waals surface area contributed by atoms with Crippen molar-refractivity contribution >= 4 is 10.1 Å². The van der Waals surface area contributed by atoms with Crippen molar-refractivity contribution in [1.82, 2.24) is 0 Å². The normalized spacial score (nSPS) is 13.9. The van der Waals surface area contributed by atoms with Crippen LogP contribution in [-0.2, 0) is 10.1 Å². The molecule has 0 N–H and O–H groups in total. The Morgan fingerprint density at radius 1 is 0.957 bits per heavy atom. The molecule has 5 heteroatoms. The van der Waals surface area contributed by atoms with Crippen LogP contribution in [0.3, 0.4) is 0 Å². The smallest absolute Gasteiger partial charge is 0.744 e. The summed E-state index contributed by atoms with van der Waals surface area (Å²) >= 11 is 0. The van der Waals surface area contributed by atoms with Crippen molar-refractivity contribution in [3.05, 3.63) is 65.7 Å². The Labute approximate surface area is 161 Å². The molecular weight excluding hydrogens is 319 g/mol. The van der Waals surface area contributed by atoms with Gasteiger partial charge in [0.25, 0.3) is 0 Å². The second-order valence-electron chi connectivity index (χ2n) is 5.68. The average Bonchev–Trinajstić information content (AvgIpc) is 2.52. The molecule has 0 bridgehead atoms. The standard InChI is InChI=1S/C18H22O3S.Na/c1-3-15(17-7-5-4-6-8-17)13-14(2)16-9-11-18(12-10-16)22(19,20)21;/h4-12,14-15H,3,13H2,1-2H3,(H,19,20,21);/q;+1/p-1. The van der Waals surface area contributed by atoms with Gasteiger partial charge in [-0.2, -0.15) is 0 Å². The summed E-state index contributed by atoms with van der Waals surface area (Å²) in [4.78, 5) is -0.168. The predicted molar refractivity (Wildman–Crippen MR) is 86.9 cm³/mol. The molecule has 0 fully saturated rings. The first kappa shape index (κ1) is 20.4. The van der Waals surface area contributed by atoms with E-state index in [0.717, 1.165) is 18.4 Å². The summed E-state index contributed by atoms with van der Waals surface area (Å²) in [5, 5.41) is 0. The monoisotopic (exact) mass is 340 g/mol. The molecule has 0 aromatic heterocycles. The number of benzene rings is 2. The molecule has 0 saturated carbocycles. The third-order valence-corrected chi connectivity index (χ3v) is 4.99. The molecule has 0 aliphatic carbocycles. The molecule has 2 aromatic carbocycles. The molecule has 2 unspecified atom stereocenters. The molecule has 118 valence electrons. The van der Waals surface area contributed by atoms with Crippen LogP contribution in [-0.4, -0.2) is 13.0 Å². The maximum Gasteiger partial charge on any atom is 1.00 e. The van der Waals surface area contributed by atoms with Crippen LogP contribution in [0, 0.1) is 0 Å². The first-order valence-corrected chi connectivity index (χ1v) is 8.93. The van der Waals surface area contributed by atoms with E-state index < -0.39 is 10.1 Å². The minimum Gasteiger partial charge on any atom is -0.744 e. The van der Waals surface area contributed by atoms with E-state index in [2.05, 4.69) is 38.1 Å². The van der Waals surface area contributed by atoms with Gasteiger partial charge in [-0.3, -0.25) is 0 Å². The van der Waals surface area contributed by atoms with Crippen LogP contribution in [0.4, 0.5) is 0 Å². The number of hydrogen-bond donors (Lipinski definition) is 0. The third kappa shape index (κ3) is 5.73. The molecule has 0 spiro atoms. The maximum atomic E-state index is 11.0. The fourth-order valence-corrected chi connectivity index (χ4v) is 3.26. The third-order valence-electron chi connectivity index (χ3n) is 4.14. The average molecular weight is 340 g/mol. The molecule has 0 aliphatic rings. The number of hydrogen-bond acceptors (Lipinski definition) is 3. The summed E-state index contributed by atoms with van der Waals surface area (Å²) < 4.78 is 32.9. The molecule has 23 heavy (non-hydrogen) atoms. The van der Waals surface area contributed by atoms with E-state index in [9.17, 15) is 13.0 Å². The summed E-state index contributed by atoms with van der Waals surface area (Å²) in [5.41, 5.74) is 2.39. The zero-order chi connectivity index (χ0) is 16.2. The van der Waals surface area contributed by atoms with E-state index in [1.807, 2.05) is 6.07 Å². The Morgan fingerprint density at radius 2 is 1.52 bits per heavy atom. The van der Waals surface area contributed by atoms with Gasteiger partial charge in [0, 0.05) is 0 Å². The molecule has 0 amide bonds. The van der Waals surface area contributed by atoms with E-state index in [1.54, 1.807) is 12.1 Å². The fraction of sp³-hybridized carbons (Fsp3) is 0.333. The van der Waals surface area contributed by atoms with Gasteiger partial charge in [-0.05, 0) is 47.9 Å². The van der Waals surface area contributed by atoms with E-state index in [0.29, 0.717) is 11.8 Å². The zero-order valence-corrected chi connectivity index (χ0v) is 16.7. The fourth-order valence-electron chi connectivity index (χ4n) is 2.79. The van der Waals surface area contributed by atoms with Crippen LogP contribution in [0.5, 0.6) is 0 Å². The molecule has 0 aliphatic heterocycles. The van der Waals surface area contributed by atoms with E-state index in [-0.39, 0.29) is 34.5 Å². The Bertz CT molecular complexity index is 697. The first-order chi connectivity index (χ1) is 10.4. The summed E-state index contributed by atoms with van der Waals surface area (Å²) in [6, 6.07) is 16.7. The molecule has 2 atom stereocenters. The Balaban J connectivity index is 0.00000264. The first-order valence-electron chi connectivity index (χ1n) is 7.52. The molecule has 2 rings (SSSR count). The van der Waals surface area contributed by atoms with E-state index in [4.69, 9.17) is 0 Å². The van der Waals surface area contributed by atoms with Crippen LogP contribution >= 0.6 is 0 Å². The van der Waals surface area contributed by atoms with E-state index >= 15 is 0 Å². The quantitative estimate of drug-likeness (QED) is 0.588. The van der Waals surface area contributed by atoms with Gasteiger partial charge in [-0.1, -0.05) is 56.3 Å².